The van der Waals surface area contributed by atoms with E-state index in [0.29, 0.717) is 17.7 Å². The fourth-order valence-electron chi connectivity index (χ4n) is 6.69. The van der Waals surface area contributed by atoms with Crippen LogP contribution >= 0.6 is 0 Å². The number of nitrogens with zero attached hydrogens (tertiary/aromatic N) is 3. The van der Waals surface area contributed by atoms with Crippen LogP contribution in [0.3, 0.4) is 0 Å². The van der Waals surface area contributed by atoms with Crippen LogP contribution in [0.2, 0.25) is 0 Å². The third kappa shape index (κ3) is 3.55. The molecule has 0 aromatic heterocycles. The number of aliphatic imine (C=N–C) groups is 2. The zero-order chi connectivity index (χ0) is 24.2. The van der Waals surface area contributed by atoms with Crippen LogP contribution in [0.25, 0.3) is 0 Å². The Bertz CT molecular complexity index is 1310. The van der Waals surface area contributed by atoms with Gasteiger partial charge in [0.2, 0.25) is 6.35 Å². The highest BCUT2D eigenvalue weighted by Crippen LogP contribution is 2.49. The average molecular weight is 480 g/mol. The normalized spacial score (nSPS) is 31.2. The number of likely N-dealkylation sites (N-methyl/N-ethyl adjacent to an activating group) is 1. The lowest BCUT2D eigenvalue weighted by atomic mass is 9.66. The molecule has 1 saturated carbocycles. The number of hydrogen-bond acceptors (Lipinski definition) is 5. The molecule has 0 aromatic rings. The van der Waals surface area contributed by atoms with Crippen molar-refractivity contribution in [2.75, 3.05) is 7.05 Å². The summed E-state index contributed by atoms with van der Waals surface area (Å²) in [4.78, 5) is 12.2. The lowest BCUT2D eigenvalue weighted by molar-refractivity contribution is -0.0587. The highest BCUT2D eigenvalue weighted by Gasteiger charge is 2.38. The first kappa shape index (κ1) is 22.1. The van der Waals surface area contributed by atoms with Gasteiger partial charge in [-0.2, -0.15) is 0 Å². The monoisotopic (exact) mass is 479 g/mol. The van der Waals surface area contributed by atoms with Crippen LogP contribution in [0.4, 0.5) is 0 Å². The molecular weight excluding hydrogens is 446 g/mol. The SMILES string of the molecule is CN1C(C2=CCC3C=CC4=C5C3=C2C=CC5CC=C4)=NC(C2=C(O)C=CCC2)=NC1OC1CCCC1. The van der Waals surface area contributed by atoms with Gasteiger partial charge in [0, 0.05) is 30.0 Å². The summed E-state index contributed by atoms with van der Waals surface area (Å²) < 4.78 is 6.56. The Morgan fingerprint density at radius 3 is 2.67 bits per heavy atom. The van der Waals surface area contributed by atoms with E-state index in [1.165, 1.54) is 35.1 Å². The zero-order valence-corrected chi connectivity index (χ0v) is 20.9. The summed E-state index contributed by atoms with van der Waals surface area (Å²) >= 11 is 0. The highest BCUT2D eigenvalue weighted by atomic mass is 16.5. The molecule has 36 heavy (non-hydrogen) atoms. The molecule has 7 aliphatic rings. The Balaban J connectivity index is 1.32. The Morgan fingerprint density at radius 1 is 0.972 bits per heavy atom. The van der Waals surface area contributed by atoms with E-state index >= 15 is 0 Å². The first-order valence-electron chi connectivity index (χ1n) is 13.5. The van der Waals surface area contributed by atoms with E-state index in [9.17, 15) is 5.11 Å². The summed E-state index contributed by atoms with van der Waals surface area (Å²) in [5.41, 5.74) is 7.58. The lowest BCUT2D eigenvalue weighted by Crippen LogP contribution is -2.45. The smallest absolute Gasteiger partial charge is 0.231 e. The van der Waals surface area contributed by atoms with Crippen molar-refractivity contribution in [3.8, 4) is 0 Å². The molecule has 6 aliphatic carbocycles. The maximum atomic E-state index is 10.7. The molecule has 0 radical (unpaired) electrons. The number of aliphatic hydroxyl groups is 1. The molecule has 0 aromatic carbocycles. The van der Waals surface area contributed by atoms with E-state index < -0.39 is 6.35 Å². The Morgan fingerprint density at radius 2 is 1.81 bits per heavy atom. The topological polar surface area (TPSA) is 57.4 Å². The largest absolute Gasteiger partial charge is 0.508 e. The third-order valence-corrected chi connectivity index (χ3v) is 8.57. The van der Waals surface area contributed by atoms with Crippen molar-refractivity contribution in [1.29, 1.82) is 0 Å². The molecule has 3 atom stereocenters. The minimum atomic E-state index is -0.440. The molecule has 5 nitrogen and oxygen atoms in total. The van der Waals surface area contributed by atoms with Crippen molar-refractivity contribution in [1.82, 2.24) is 4.90 Å². The molecule has 1 heterocycles. The van der Waals surface area contributed by atoms with Crippen LogP contribution in [0.15, 0.2) is 104 Å². The van der Waals surface area contributed by atoms with Gasteiger partial charge in [-0.05, 0) is 66.9 Å². The van der Waals surface area contributed by atoms with Crippen LogP contribution in [-0.2, 0) is 4.74 Å². The second kappa shape index (κ2) is 8.74. The third-order valence-electron chi connectivity index (χ3n) is 8.57. The van der Waals surface area contributed by atoms with Crippen molar-refractivity contribution in [2.45, 2.75) is 63.8 Å². The minimum absolute atomic E-state index is 0.225. The van der Waals surface area contributed by atoms with Crippen molar-refractivity contribution >= 4 is 11.7 Å². The Hall–Kier alpha value is -3.18. The molecule has 0 amide bonds. The maximum Gasteiger partial charge on any atom is 0.231 e. The number of hydrogen-bond donors (Lipinski definition) is 1. The summed E-state index contributed by atoms with van der Waals surface area (Å²) in [7, 11) is 2.05. The number of aliphatic hydroxyl groups excluding tert-OH is 1. The van der Waals surface area contributed by atoms with E-state index in [1.54, 1.807) is 6.08 Å². The summed E-state index contributed by atoms with van der Waals surface area (Å²) in [6.45, 7) is 0. The van der Waals surface area contributed by atoms with Crippen molar-refractivity contribution < 1.29 is 9.84 Å². The summed E-state index contributed by atoms with van der Waals surface area (Å²) in [5, 5.41) is 10.7. The molecule has 1 fully saturated rings. The van der Waals surface area contributed by atoms with Gasteiger partial charge in [0.1, 0.15) is 11.6 Å². The standard InChI is InChI=1S/C31H33N3O2/c1-34-30(24-18-16-21-14-13-19-7-6-8-20-15-17-23(24)28(21)27(19)20)32-29(25-11-4-5-12-26(25)35)33-31(34)36-22-9-2-3-10-22/h5-7,12-15,17-18,20-22,31,35H,2-4,8-11,16H2,1H3. The van der Waals surface area contributed by atoms with E-state index in [4.69, 9.17) is 14.7 Å². The molecule has 7 rings (SSSR count). The van der Waals surface area contributed by atoms with Crippen LogP contribution < -0.4 is 0 Å². The molecule has 0 bridgehead atoms. The van der Waals surface area contributed by atoms with Crippen molar-refractivity contribution in [2.24, 2.45) is 21.8 Å². The molecular formula is C31H33N3O2. The van der Waals surface area contributed by atoms with Gasteiger partial charge in [-0.1, -0.05) is 61.4 Å². The first-order chi connectivity index (χ1) is 17.7. The maximum absolute atomic E-state index is 10.7. The second-order valence-corrected chi connectivity index (χ2v) is 10.8. The van der Waals surface area contributed by atoms with Gasteiger partial charge in [-0.3, -0.25) is 0 Å². The lowest BCUT2D eigenvalue weighted by Gasteiger charge is -2.40. The van der Waals surface area contributed by atoms with Crippen LogP contribution in [0.5, 0.6) is 0 Å². The number of rotatable bonds is 4. The fourth-order valence-corrected chi connectivity index (χ4v) is 6.69. The molecule has 1 aliphatic heterocycles. The van der Waals surface area contributed by atoms with E-state index in [0.717, 1.165) is 55.5 Å². The molecule has 1 N–H and O–H groups in total. The zero-order valence-electron chi connectivity index (χ0n) is 20.9. The summed E-state index contributed by atoms with van der Waals surface area (Å²) in [5.74, 6) is 2.67. The average Bonchev–Trinajstić information content (AvgIpc) is 3.42. The van der Waals surface area contributed by atoms with Gasteiger partial charge in [0.15, 0.2) is 5.84 Å². The quantitative estimate of drug-likeness (QED) is 0.508. The van der Waals surface area contributed by atoms with Gasteiger partial charge < -0.3 is 14.7 Å². The summed E-state index contributed by atoms with van der Waals surface area (Å²) in [6.07, 6.45) is 28.1. The molecule has 0 spiro atoms. The highest BCUT2D eigenvalue weighted by molar-refractivity contribution is 6.15. The van der Waals surface area contributed by atoms with E-state index in [1.807, 2.05) is 6.08 Å². The van der Waals surface area contributed by atoms with E-state index in [-0.39, 0.29) is 11.9 Å². The number of allylic oxidation sites excluding steroid dienone is 12. The predicted molar refractivity (Wildman–Crippen MR) is 144 cm³/mol. The molecule has 0 saturated heterocycles. The number of ether oxygens (including phenoxy) is 1. The number of amidine groups is 2. The van der Waals surface area contributed by atoms with Crippen molar-refractivity contribution in [3.05, 3.63) is 93.9 Å². The van der Waals surface area contributed by atoms with Crippen LogP contribution in [-0.4, -0.2) is 41.2 Å². The van der Waals surface area contributed by atoms with Gasteiger partial charge in [0.05, 0.1) is 6.10 Å². The van der Waals surface area contributed by atoms with Crippen LogP contribution in [0.1, 0.15) is 51.4 Å². The van der Waals surface area contributed by atoms with Gasteiger partial charge in [0.25, 0.3) is 0 Å². The molecule has 3 unspecified atom stereocenters. The molecule has 184 valence electrons. The van der Waals surface area contributed by atoms with Gasteiger partial charge >= 0.3 is 0 Å². The summed E-state index contributed by atoms with van der Waals surface area (Å²) in [6, 6.07) is 0. The van der Waals surface area contributed by atoms with Gasteiger partial charge in [-0.15, -0.1) is 0 Å². The fraction of sp³-hybridized carbons (Fsp3) is 0.419. The predicted octanol–water partition coefficient (Wildman–Crippen LogP) is 6.39. The Labute approximate surface area is 213 Å². The molecule has 5 heteroatoms. The minimum Gasteiger partial charge on any atom is -0.508 e. The van der Waals surface area contributed by atoms with Crippen LogP contribution in [0, 0.1) is 11.8 Å². The Kier molecular flexibility index (Phi) is 5.35. The van der Waals surface area contributed by atoms with E-state index in [2.05, 4.69) is 54.5 Å². The van der Waals surface area contributed by atoms with Gasteiger partial charge in [-0.25, -0.2) is 9.98 Å². The second-order valence-electron chi connectivity index (χ2n) is 10.8. The van der Waals surface area contributed by atoms with Crippen molar-refractivity contribution in [3.63, 3.8) is 0 Å². The first-order valence-corrected chi connectivity index (χ1v) is 13.5.